The van der Waals surface area contributed by atoms with Crippen LogP contribution in [-0.4, -0.2) is 19.5 Å². The minimum atomic E-state index is 0.662. The van der Waals surface area contributed by atoms with E-state index in [2.05, 4.69) is 126 Å². The molecular weight excluding hydrogens is 661 g/mol. The number of hydrogen-bond acceptors (Lipinski definition) is 5. The molecule has 0 fully saturated rings. The van der Waals surface area contributed by atoms with Crippen molar-refractivity contribution in [3.8, 4) is 39.9 Å². The maximum atomic E-state index is 5.12. The normalized spacial score (nSPS) is 11.9. The molecule has 4 nitrogen and oxygen atoms in total. The number of hydrogen-bond donors (Lipinski definition) is 0. The smallest absolute Gasteiger partial charge is 0.164 e. The van der Waals surface area contributed by atoms with Crippen molar-refractivity contribution in [2.24, 2.45) is 0 Å². The Balaban J connectivity index is 1.16. The van der Waals surface area contributed by atoms with Crippen LogP contribution in [0.25, 0.3) is 102 Å². The molecule has 4 heterocycles. The molecule has 0 aliphatic rings. The molecule has 0 amide bonds. The van der Waals surface area contributed by atoms with Crippen LogP contribution >= 0.6 is 22.7 Å². The summed E-state index contributed by atoms with van der Waals surface area (Å²) in [6.07, 6.45) is 0. The van der Waals surface area contributed by atoms with Gasteiger partial charge < -0.3 is 4.57 Å². The van der Waals surface area contributed by atoms with Gasteiger partial charge in [0.25, 0.3) is 0 Å². The van der Waals surface area contributed by atoms with Crippen LogP contribution in [0.1, 0.15) is 0 Å². The first kappa shape index (κ1) is 28.6. The zero-order valence-electron chi connectivity index (χ0n) is 27.1. The van der Waals surface area contributed by atoms with Gasteiger partial charge in [0.05, 0.1) is 11.0 Å². The highest BCUT2D eigenvalue weighted by molar-refractivity contribution is 7.26. The van der Waals surface area contributed by atoms with E-state index in [-0.39, 0.29) is 0 Å². The highest BCUT2D eigenvalue weighted by atomic mass is 32.1. The van der Waals surface area contributed by atoms with Crippen molar-refractivity contribution >= 4 is 84.8 Å². The van der Waals surface area contributed by atoms with Gasteiger partial charge in [0.1, 0.15) is 0 Å². The number of aromatic nitrogens is 4. The van der Waals surface area contributed by atoms with Crippen molar-refractivity contribution in [2.75, 3.05) is 0 Å². The van der Waals surface area contributed by atoms with E-state index in [4.69, 9.17) is 15.0 Å². The lowest BCUT2D eigenvalue weighted by Crippen LogP contribution is -2.00. The second-order valence-electron chi connectivity index (χ2n) is 12.8. The van der Waals surface area contributed by atoms with Gasteiger partial charge >= 0.3 is 0 Å². The van der Waals surface area contributed by atoms with E-state index in [1.807, 2.05) is 59.1 Å². The Labute approximate surface area is 300 Å². The number of thiophene rings is 2. The van der Waals surface area contributed by atoms with Crippen molar-refractivity contribution in [1.29, 1.82) is 0 Å². The lowest BCUT2D eigenvalue weighted by atomic mass is 10.0. The highest BCUT2D eigenvalue weighted by Gasteiger charge is 2.19. The largest absolute Gasteiger partial charge is 0.309 e. The average molecular weight is 687 g/mol. The molecule has 0 N–H and O–H groups in total. The number of nitrogens with zero attached hydrogens (tertiary/aromatic N) is 4. The number of benzene rings is 7. The topological polar surface area (TPSA) is 43.6 Å². The summed E-state index contributed by atoms with van der Waals surface area (Å²) in [7, 11) is 0. The lowest BCUT2D eigenvalue weighted by molar-refractivity contribution is 1.08. The van der Waals surface area contributed by atoms with Crippen molar-refractivity contribution in [1.82, 2.24) is 19.5 Å². The van der Waals surface area contributed by atoms with Gasteiger partial charge in [-0.3, -0.25) is 0 Å². The summed E-state index contributed by atoms with van der Waals surface area (Å²) in [6, 6.07) is 56.0. The Morgan fingerprint density at radius 3 is 1.78 bits per heavy atom. The molecule has 0 saturated carbocycles. The maximum absolute atomic E-state index is 5.12. The first-order chi connectivity index (χ1) is 25.3. The van der Waals surface area contributed by atoms with Crippen LogP contribution in [0.15, 0.2) is 158 Å². The van der Waals surface area contributed by atoms with E-state index in [0.29, 0.717) is 17.5 Å². The average Bonchev–Trinajstić information content (AvgIpc) is 3.86. The molecule has 0 atom stereocenters. The second-order valence-corrected chi connectivity index (χ2v) is 15.0. The standard InChI is InChI=1S/C45H26N4S2/c1-3-12-27(13-4-1)43-46-44(28-14-5-2-6-15-28)48-45(47-43)32-18-11-21-40-42(32)35-24-29(22-23-39(35)50-40)49-36-19-9-7-16-30(36)33-25-34-31-17-8-10-20-38(31)51-41(34)26-37(33)49/h1-26H. The summed E-state index contributed by atoms with van der Waals surface area (Å²) >= 11 is 3.67. The minimum Gasteiger partial charge on any atom is -0.309 e. The van der Waals surface area contributed by atoms with Gasteiger partial charge in [-0.25, -0.2) is 15.0 Å². The molecule has 0 radical (unpaired) electrons. The predicted molar refractivity (Wildman–Crippen MR) is 216 cm³/mol. The summed E-state index contributed by atoms with van der Waals surface area (Å²) in [5.74, 6) is 1.99. The summed E-state index contributed by atoms with van der Waals surface area (Å²) in [6.45, 7) is 0. The maximum Gasteiger partial charge on any atom is 0.164 e. The van der Waals surface area contributed by atoms with Gasteiger partial charge in [-0.2, -0.15) is 0 Å². The summed E-state index contributed by atoms with van der Waals surface area (Å²) in [5, 5.41) is 7.52. The fourth-order valence-corrected chi connectivity index (χ4v) is 9.77. The Morgan fingerprint density at radius 2 is 1.00 bits per heavy atom. The van der Waals surface area contributed by atoms with Crippen molar-refractivity contribution < 1.29 is 0 Å². The number of fused-ring (bicyclic) bond motifs is 9. The van der Waals surface area contributed by atoms with Crippen LogP contribution in [-0.2, 0) is 0 Å². The van der Waals surface area contributed by atoms with Crippen molar-refractivity contribution in [2.45, 2.75) is 0 Å². The van der Waals surface area contributed by atoms with Gasteiger partial charge in [0.2, 0.25) is 0 Å². The molecule has 0 aliphatic heterocycles. The van der Waals surface area contributed by atoms with E-state index >= 15 is 0 Å². The Hall–Kier alpha value is -6.21. The molecule has 7 aromatic carbocycles. The number of para-hydroxylation sites is 1. The molecule has 0 saturated heterocycles. The van der Waals surface area contributed by atoms with Gasteiger partial charge in [0.15, 0.2) is 17.5 Å². The Bertz CT molecular complexity index is 3080. The summed E-state index contributed by atoms with van der Waals surface area (Å²) in [5.41, 5.74) is 6.47. The van der Waals surface area contributed by atoms with Crippen molar-refractivity contribution in [3.63, 3.8) is 0 Å². The van der Waals surface area contributed by atoms with Crippen LogP contribution in [0.2, 0.25) is 0 Å². The van der Waals surface area contributed by atoms with Gasteiger partial charge in [0, 0.05) is 73.5 Å². The molecule has 0 aliphatic carbocycles. The first-order valence-corrected chi connectivity index (χ1v) is 18.6. The molecule has 0 bridgehead atoms. The fourth-order valence-electron chi connectivity index (χ4n) is 7.53. The molecule has 11 aromatic rings. The van der Waals surface area contributed by atoms with Crippen LogP contribution in [0.3, 0.4) is 0 Å². The summed E-state index contributed by atoms with van der Waals surface area (Å²) in [4.78, 5) is 15.2. The van der Waals surface area contributed by atoms with Crippen LogP contribution < -0.4 is 0 Å². The first-order valence-electron chi connectivity index (χ1n) is 16.9. The van der Waals surface area contributed by atoms with Crippen LogP contribution in [0.5, 0.6) is 0 Å². The SMILES string of the molecule is c1ccc(-c2nc(-c3ccccc3)nc(-c3cccc4sc5ccc(-n6c7ccccc7c7cc8c(cc76)sc6ccccc68)cc5c34)n2)cc1. The minimum absolute atomic E-state index is 0.662. The van der Waals surface area contributed by atoms with Crippen LogP contribution in [0, 0.1) is 0 Å². The molecule has 11 rings (SSSR count). The van der Waals surface area contributed by atoms with Crippen LogP contribution in [0.4, 0.5) is 0 Å². The second kappa shape index (κ2) is 11.2. The van der Waals surface area contributed by atoms with E-state index in [1.165, 1.54) is 56.8 Å². The quantitative estimate of drug-likeness (QED) is 0.185. The third kappa shape index (κ3) is 4.47. The van der Waals surface area contributed by atoms with E-state index < -0.39 is 0 Å². The fraction of sp³-hybridized carbons (Fsp3) is 0. The molecular formula is C45H26N4S2. The molecule has 238 valence electrons. The molecule has 0 spiro atoms. The predicted octanol–water partition coefficient (Wildman–Crippen LogP) is 12.7. The van der Waals surface area contributed by atoms with Gasteiger partial charge in [-0.05, 0) is 48.5 Å². The van der Waals surface area contributed by atoms with Gasteiger partial charge in [-0.15, -0.1) is 22.7 Å². The highest BCUT2D eigenvalue weighted by Crippen LogP contribution is 2.43. The van der Waals surface area contributed by atoms with E-state index in [1.54, 1.807) is 0 Å². The third-order valence-electron chi connectivity index (χ3n) is 9.85. The Kier molecular flexibility index (Phi) is 6.26. The third-order valence-corrected chi connectivity index (χ3v) is 12.1. The molecule has 6 heteroatoms. The summed E-state index contributed by atoms with van der Waals surface area (Å²) < 4.78 is 7.49. The zero-order chi connectivity index (χ0) is 33.5. The zero-order valence-corrected chi connectivity index (χ0v) is 28.7. The van der Waals surface area contributed by atoms with E-state index in [9.17, 15) is 0 Å². The molecule has 0 unspecified atom stereocenters. The lowest BCUT2D eigenvalue weighted by Gasteiger charge is -2.10. The Morgan fingerprint density at radius 1 is 0.373 bits per heavy atom. The van der Waals surface area contributed by atoms with E-state index in [0.717, 1.165) is 27.8 Å². The monoisotopic (exact) mass is 686 g/mol. The molecule has 51 heavy (non-hydrogen) atoms. The van der Waals surface area contributed by atoms with Crippen molar-refractivity contribution in [3.05, 3.63) is 158 Å². The van der Waals surface area contributed by atoms with Gasteiger partial charge in [-0.1, -0.05) is 109 Å². The molecule has 4 aromatic heterocycles. The number of rotatable bonds is 4.